The van der Waals surface area contributed by atoms with Crippen LogP contribution in [0.2, 0.25) is 0 Å². The standard InChI is InChI=1S/C28H23F3N2O2/c29-28(30,31)20-13-15-22(19-8-2-1-3-9-19)24(18-20)27(35)33-25-12-5-4-11-23(25)26(34)16-14-21-10-6-7-17-32-21/h1-13,15,17-18,26,34H,14,16H2,(H,33,35). The molecule has 0 aliphatic heterocycles. The van der Waals surface area contributed by atoms with Gasteiger partial charge < -0.3 is 10.4 Å². The number of aromatic nitrogens is 1. The number of aliphatic hydroxyl groups is 1. The molecule has 0 saturated heterocycles. The van der Waals surface area contributed by atoms with E-state index in [1.54, 1.807) is 60.8 Å². The van der Waals surface area contributed by atoms with Crippen molar-refractivity contribution in [2.75, 3.05) is 5.32 Å². The Morgan fingerprint density at radius 2 is 1.63 bits per heavy atom. The highest BCUT2D eigenvalue weighted by Crippen LogP contribution is 2.34. The second-order valence-corrected chi connectivity index (χ2v) is 8.04. The molecule has 4 aromatic rings. The Labute approximate surface area is 201 Å². The van der Waals surface area contributed by atoms with Gasteiger partial charge in [0, 0.05) is 28.7 Å². The van der Waals surface area contributed by atoms with E-state index in [-0.39, 0.29) is 5.56 Å². The number of pyridine rings is 1. The third-order valence-corrected chi connectivity index (χ3v) is 5.64. The average Bonchev–Trinajstić information content (AvgIpc) is 2.88. The van der Waals surface area contributed by atoms with Crippen LogP contribution in [0.25, 0.3) is 11.1 Å². The summed E-state index contributed by atoms with van der Waals surface area (Å²) in [4.78, 5) is 17.5. The fourth-order valence-corrected chi connectivity index (χ4v) is 3.86. The number of nitrogens with one attached hydrogen (secondary N) is 1. The van der Waals surface area contributed by atoms with E-state index >= 15 is 0 Å². The Kier molecular flexibility index (Phi) is 7.27. The van der Waals surface area contributed by atoms with Gasteiger partial charge in [0.25, 0.3) is 5.91 Å². The van der Waals surface area contributed by atoms with Gasteiger partial charge in [-0.3, -0.25) is 9.78 Å². The van der Waals surface area contributed by atoms with Crippen LogP contribution in [-0.4, -0.2) is 16.0 Å². The molecular weight excluding hydrogens is 453 g/mol. The van der Waals surface area contributed by atoms with E-state index in [0.29, 0.717) is 35.2 Å². The van der Waals surface area contributed by atoms with E-state index < -0.39 is 23.8 Å². The fourth-order valence-electron chi connectivity index (χ4n) is 3.86. The van der Waals surface area contributed by atoms with Gasteiger partial charge in [-0.05, 0) is 54.3 Å². The molecule has 0 spiro atoms. The minimum atomic E-state index is -4.59. The Morgan fingerprint density at radius 3 is 2.34 bits per heavy atom. The average molecular weight is 476 g/mol. The molecule has 1 atom stereocenters. The Morgan fingerprint density at radius 1 is 0.914 bits per heavy atom. The molecule has 0 bridgehead atoms. The molecule has 7 heteroatoms. The number of halogens is 3. The largest absolute Gasteiger partial charge is 0.416 e. The second kappa shape index (κ2) is 10.5. The topological polar surface area (TPSA) is 62.2 Å². The van der Waals surface area contributed by atoms with Crippen molar-refractivity contribution >= 4 is 11.6 Å². The quantitative estimate of drug-likeness (QED) is 0.313. The van der Waals surface area contributed by atoms with Gasteiger partial charge in [0.15, 0.2) is 0 Å². The van der Waals surface area contributed by atoms with Crippen molar-refractivity contribution in [1.29, 1.82) is 0 Å². The number of nitrogens with zero attached hydrogens (tertiary/aromatic N) is 1. The number of carbonyl (C=O) groups excluding carboxylic acids is 1. The lowest BCUT2D eigenvalue weighted by Crippen LogP contribution is -2.17. The number of benzene rings is 3. The third kappa shape index (κ3) is 5.94. The Bertz CT molecular complexity index is 1290. The summed E-state index contributed by atoms with van der Waals surface area (Å²) >= 11 is 0. The van der Waals surface area contributed by atoms with Crippen LogP contribution in [0.5, 0.6) is 0 Å². The lowest BCUT2D eigenvalue weighted by atomic mass is 9.96. The highest BCUT2D eigenvalue weighted by Gasteiger charge is 2.32. The van der Waals surface area contributed by atoms with Crippen LogP contribution < -0.4 is 5.32 Å². The van der Waals surface area contributed by atoms with Gasteiger partial charge in [0.2, 0.25) is 0 Å². The molecule has 3 aromatic carbocycles. The first-order valence-corrected chi connectivity index (χ1v) is 11.1. The van der Waals surface area contributed by atoms with Gasteiger partial charge in [0.05, 0.1) is 11.7 Å². The van der Waals surface area contributed by atoms with E-state index in [2.05, 4.69) is 10.3 Å². The van der Waals surface area contributed by atoms with Crippen LogP contribution in [0, 0.1) is 0 Å². The first-order chi connectivity index (χ1) is 16.8. The first-order valence-electron chi connectivity index (χ1n) is 11.1. The molecule has 1 amide bonds. The number of rotatable bonds is 7. The molecule has 35 heavy (non-hydrogen) atoms. The third-order valence-electron chi connectivity index (χ3n) is 5.64. The van der Waals surface area contributed by atoms with Crippen molar-refractivity contribution < 1.29 is 23.1 Å². The summed E-state index contributed by atoms with van der Waals surface area (Å²) in [7, 11) is 0. The SMILES string of the molecule is O=C(Nc1ccccc1C(O)CCc1ccccn1)c1cc(C(F)(F)F)ccc1-c1ccccc1. The molecule has 0 aliphatic rings. The molecule has 0 fully saturated rings. The van der Waals surface area contributed by atoms with Gasteiger partial charge in [-0.15, -0.1) is 0 Å². The lowest BCUT2D eigenvalue weighted by Gasteiger charge is -2.18. The lowest BCUT2D eigenvalue weighted by molar-refractivity contribution is -0.137. The summed E-state index contributed by atoms with van der Waals surface area (Å²) in [5.41, 5.74) is 1.62. The normalized spacial score (nSPS) is 12.2. The maximum absolute atomic E-state index is 13.4. The van der Waals surface area contributed by atoms with Crippen LogP contribution >= 0.6 is 0 Å². The van der Waals surface area contributed by atoms with E-state index in [9.17, 15) is 23.1 Å². The molecular formula is C28H23F3N2O2. The van der Waals surface area contributed by atoms with Gasteiger partial charge in [0.1, 0.15) is 0 Å². The zero-order valence-corrected chi connectivity index (χ0v) is 18.7. The minimum absolute atomic E-state index is 0.108. The maximum atomic E-state index is 13.4. The summed E-state index contributed by atoms with van der Waals surface area (Å²) in [5.74, 6) is -0.695. The fraction of sp³-hybridized carbons (Fsp3) is 0.143. The van der Waals surface area contributed by atoms with Crippen LogP contribution in [0.15, 0.2) is 97.2 Å². The summed E-state index contributed by atoms with van der Waals surface area (Å²) in [5, 5.41) is 13.5. The van der Waals surface area contributed by atoms with Crippen LogP contribution in [0.3, 0.4) is 0 Å². The highest BCUT2D eigenvalue weighted by molar-refractivity contribution is 6.09. The van der Waals surface area contributed by atoms with Crippen LogP contribution in [0.4, 0.5) is 18.9 Å². The Hall–Kier alpha value is -3.97. The minimum Gasteiger partial charge on any atom is -0.388 e. The number of amides is 1. The number of para-hydroxylation sites is 1. The van der Waals surface area contributed by atoms with E-state index in [0.717, 1.165) is 17.8 Å². The van der Waals surface area contributed by atoms with E-state index in [4.69, 9.17) is 0 Å². The molecule has 0 aliphatic carbocycles. The predicted octanol–water partition coefficient (Wildman–Crippen LogP) is 6.69. The summed E-state index contributed by atoms with van der Waals surface area (Å²) in [6.07, 6.45) is -2.93. The van der Waals surface area contributed by atoms with Crippen LogP contribution in [-0.2, 0) is 12.6 Å². The monoisotopic (exact) mass is 476 g/mol. The van der Waals surface area contributed by atoms with Crippen molar-refractivity contribution in [3.8, 4) is 11.1 Å². The van der Waals surface area contributed by atoms with Gasteiger partial charge in [-0.25, -0.2) is 0 Å². The van der Waals surface area contributed by atoms with Gasteiger partial charge in [-0.2, -0.15) is 13.2 Å². The number of alkyl halides is 3. The van der Waals surface area contributed by atoms with E-state index in [1.807, 2.05) is 18.2 Å². The molecule has 0 radical (unpaired) electrons. The maximum Gasteiger partial charge on any atom is 0.416 e. The zero-order chi connectivity index (χ0) is 24.8. The van der Waals surface area contributed by atoms with Crippen LogP contribution in [0.1, 0.15) is 39.7 Å². The van der Waals surface area contributed by atoms with E-state index in [1.165, 1.54) is 6.07 Å². The second-order valence-electron chi connectivity index (χ2n) is 8.04. The number of anilines is 1. The zero-order valence-electron chi connectivity index (χ0n) is 18.7. The summed E-state index contributed by atoms with van der Waals surface area (Å²) in [6, 6.07) is 24.1. The number of aryl methyl sites for hydroxylation is 1. The number of carbonyl (C=O) groups is 1. The number of hydrogen-bond acceptors (Lipinski definition) is 3. The van der Waals surface area contributed by atoms with Crippen molar-refractivity contribution in [3.63, 3.8) is 0 Å². The van der Waals surface area contributed by atoms with Crippen molar-refractivity contribution in [1.82, 2.24) is 4.98 Å². The molecule has 4 nitrogen and oxygen atoms in total. The van der Waals surface area contributed by atoms with Gasteiger partial charge in [-0.1, -0.05) is 60.7 Å². The smallest absolute Gasteiger partial charge is 0.388 e. The molecule has 1 heterocycles. The summed E-state index contributed by atoms with van der Waals surface area (Å²) < 4.78 is 40.3. The molecule has 1 aromatic heterocycles. The van der Waals surface area contributed by atoms with Gasteiger partial charge >= 0.3 is 6.18 Å². The molecule has 1 unspecified atom stereocenters. The predicted molar refractivity (Wildman–Crippen MR) is 129 cm³/mol. The molecule has 178 valence electrons. The molecule has 4 rings (SSSR count). The highest BCUT2D eigenvalue weighted by atomic mass is 19.4. The number of hydrogen-bond donors (Lipinski definition) is 2. The van der Waals surface area contributed by atoms with Crippen molar-refractivity contribution in [3.05, 3.63) is 120 Å². The molecule has 0 saturated carbocycles. The Balaban J connectivity index is 1.62. The summed E-state index contributed by atoms with van der Waals surface area (Å²) in [6.45, 7) is 0. The number of aliphatic hydroxyl groups excluding tert-OH is 1. The van der Waals surface area contributed by atoms with Crippen molar-refractivity contribution in [2.24, 2.45) is 0 Å². The van der Waals surface area contributed by atoms with Crippen molar-refractivity contribution in [2.45, 2.75) is 25.1 Å². The molecule has 2 N–H and O–H groups in total. The first kappa shape index (κ1) is 24.2.